The number of rotatable bonds is 6. The second-order valence-corrected chi connectivity index (χ2v) is 6.72. The molecule has 0 saturated heterocycles. The molecule has 0 unspecified atom stereocenters. The van der Waals surface area contributed by atoms with Crippen molar-refractivity contribution in [1.29, 1.82) is 0 Å². The molecule has 1 heterocycles. The van der Waals surface area contributed by atoms with E-state index < -0.39 is 0 Å². The van der Waals surface area contributed by atoms with Gasteiger partial charge in [0.1, 0.15) is 5.75 Å². The van der Waals surface area contributed by atoms with E-state index in [2.05, 4.69) is 15.0 Å². The number of phenols is 1. The van der Waals surface area contributed by atoms with Crippen molar-refractivity contribution >= 4 is 0 Å². The number of phenolic OH excluding ortho intramolecular Hbond substituents is 1. The van der Waals surface area contributed by atoms with E-state index in [-0.39, 0.29) is 12.4 Å². The first kappa shape index (κ1) is 18.8. The minimum Gasteiger partial charge on any atom is -0.507 e. The van der Waals surface area contributed by atoms with Gasteiger partial charge in [-0.2, -0.15) is 0 Å². The van der Waals surface area contributed by atoms with Gasteiger partial charge in [0.25, 0.3) is 0 Å². The zero-order chi connectivity index (χ0) is 20.1. The molecular formula is C24H21N3O2. The number of hydrogen-bond donors (Lipinski definition) is 2. The van der Waals surface area contributed by atoms with Gasteiger partial charge in [-0.1, -0.05) is 66.7 Å². The van der Waals surface area contributed by atoms with E-state index in [0.717, 1.165) is 16.7 Å². The number of aryl methyl sites for hydroxylation is 1. The Labute approximate surface area is 169 Å². The Morgan fingerprint density at radius 2 is 1.21 bits per heavy atom. The van der Waals surface area contributed by atoms with Gasteiger partial charge in [0, 0.05) is 17.7 Å². The van der Waals surface area contributed by atoms with Crippen molar-refractivity contribution in [1.82, 2.24) is 15.0 Å². The topological polar surface area (TPSA) is 79.1 Å². The lowest BCUT2D eigenvalue weighted by Crippen LogP contribution is -2.00. The summed E-state index contributed by atoms with van der Waals surface area (Å²) in [5.41, 5.74) is 3.27. The monoisotopic (exact) mass is 383 g/mol. The molecule has 0 bridgehead atoms. The molecule has 1 aromatic heterocycles. The SMILES string of the molecule is OCCCc1ccc(-c2nc(-c3ccccc3)nc(-c3ccccc3)n2)c(O)c1. The minimum absolute atomic E-state index is 0.115. The highest BCUT2D eigenvalue weighted by atomic mass is 16.3. The van der Waals surface area contributed by atoms with Crippen molar-refractivity contribution in [2.75, 3.05) is 6.61 Å². The van der Waals surface area contributed by atoms with Gasteiger partial charge in [0.2, 0.25) is 0 Å². The van der Waals surface area contributed by atoms with Crippen molar-refractivity contribution in [3.8, 4) is 39.9 Å². The number of nitrogens with zero attached hydrogens (tertiary/aromatic N) is 3. The van der Waals surface area contributed by atoms with Crippen LogP contribution in [0.3, 0.4) is 0 Å². The maximum Gasteiger partial charge on any atom is 0.167 e. The summed E-state index contributed by atoms with van der Waals surface area (Å²) in [7, 11) is 0. The van der Waals surface area contributed by atoms with Crippen LogP contribution in [0.2, 0.25) is 0 Å². The molecule has 5 heteroatoms. The first-order valence-corrected chi connectivity index (χ1v) is 9.54. The van der Waals surface area contributed by atoms with Gasteiger partial charge in [0.05, 0.1) is 5.56 Å². The molecule has 2 N–H and O–H groups in total. The first-order chi connectivity index (χ1) is 14.2. The van der Waals surface area contributed by atoms with Crippen LogP contribution in [0.1, 0.15) is 12.0 Å². The third kappa shape index (κ3) is 4.31. The number of aliphatic hydroxyl groups excluding tert-OH is 1. The predicted octanol–water partition coefficient (Wildman–Crippen LogP) is 4.50. The Hall–Kier alpha value is -3.57. The van der Waals surface area contributed by atoms with E-state index >= 15 is 0 Å². The van der Waals surface area contributed by atoms with E-state index in [0.29, 0.717) is 35.9 Å². The molecule has 144 valence electrons. The molecule has 4 rings (SSSR count). The summed E-state index contributed by atoms with van der Waals surface area (Å²) in [5.74, 6) is 1.64. The number of aromatic nitrogens is 3. The van der Waals surface area contributed by atoms with Crippen LogP contribution in [-0.2, 0) is 6.42 Å². The lowest BCUT2D eigenvalue weighted by molar-refractivity contribution is 0.288. The van der Waals surface area contributed by atoms with Crippen LogP contribution >= 0.6 is 0 Å². The van der Waals surface area contributed by atoms with E-state index in [9.17, 15) is 5.11 Å². The predicted molar refractivity (Wildman–Crippen MR) is 113 cm³/mol. The largest absolute Gasteiger partial charge is 0.507 e. The molecule has 0 aliphatic heterocycles. The molecule has 0 radical (unpaired) electrons. The number of benzene rings is 3. The van der Waals surface area contributed by atoms with Gasteiger partial charge in [0.15, 0.2) is 17.5 Å². The van der Waals surface area contributed by atoms with Crippen molar-refractivity contribution in [2.45, 2.75) is 12.8 Å². The molecule has 0 saturated carbocycles. The number of aromatic hydroxyl groups is 1. The second-order valence-electron chi connectivity index (χ2n) is 6.72. The quantitative estimate of drug-likeness (QED) is 0.512. The van der Waals surface area contributed by atoms with Crippen LogP contribution in [0.5, 0.6) is 5.75 Å². The normalized spacial score (nSPS) is 10.8. The zero-order valence-electron chi connectivity index (χ0n) is 15.9. The van der Waals surface area contributed by atoms with Crippen LogP contribution in [0.15, 0.2) is 78.9 Å². The van der Waals surface area contributed by atoms with Gasteiger partial charge in [-0.15, -0.1) is 0 Å². The van der Waals surface area contributed by atoms with Gasteiger partial charge >= 0.3 is 0 Å². The van der Waals surface area contributed by atoms with Crippen LogP contribution in [0, 0.1) is 0 Å². The standard InChI is InChI=1S/C24H21N3O2/c28-15-7-8-17-13-14-20(21(29)16-17)24-26-22(18-9-3-1-4-10-18)25-23(27-24)19-11-5-2-6-12-19/h1-6,9-14,16,28-29H,7-8,15H2. The molecule has 4 aromatic rings. The summed E-state index contributed by atoms with van der Waals surface area (Å²) in [4.78, 5) is 13.9. The van der Waals surface area contributed by atoms with Gasteiger partial charge < -0.3 is 10.2 Å². The maximum atomic E-state index is 10.6. The van der Waals surface area contributed by atoms with Crippen LogP contribution < -0.4 is 0 Å². The Bertz CT molecular complexity index is 1040. The number of aliphatic hydroxyl groups is 1. The highest BCUT2D eigenvalue weighted by Crippen LogP contribution is 2.30. The van der Waals surface area contributed by atoms with Crippen molar-refractivity contribution in [3.05, 3.63) is 84.4 Å². The average molecular weight is 383 g/mol. The second kappa shape index (κ2) is 8.63. The van der Waals surface area contributed by atoms with Crippen molar-refractivity contribution in [3.63, 3.8) is 0 Å². The highest BCUT2D eigenvalue weighted by molar-refractivity contribution is 5.69. The van der Waals surface area contributed by atoms with E-state index in [1.807, 2.05) is 72.8 Å². The molecule has 0 fully saturated rings. The molecule has 0 atom stereocenters. The summed E-state index contributed by atoms with van der Waals surface area (Å²) in [5, 5.41) is 19.6. The van der Waals surface area contributed by atoms with Crippen molar-refractivity contribution < 1.29 is 10.2 Å². The molecule has 5 nitrogen and oxygen atoms in total. The summed E-state index contributed by atoms with van der Waals surface area (Å²) in [6.07, 6.45) is 1.35. The molecule has 29 heavy (non-hydrogen) atoms. The first-order valence-electron chi connectivity index (χ1n) is 9.54. The van der Waals surface area contributed by atoms with E-state index in [4.69, 9.17) is 5.11 Å². The Kier molecular flexibility index (Phi) is 5.59. The third-order valence-corrected chi connectivity index (χ3v) is 4.63. The highest BCUT2D eigenvalue weighted by Gasteiger charge is 2.14. The molecular weight excluding hydrogens is 362 g/mol. The summed E-state index contributed by atoms with van der Waals surface area (Å²) in [6.45, 7) is 0.122. The smallest absolute Gasteiger partial charge is 0.167 e. The van der Waals surface area contributed by atoms with Crippen LogP contribution in [0.4, 0.5) is 0 Å². The van der Waals surface area contributed by atoms with Gasteiger partial charge in [-0.25, -0.2) is 15.0 Å². The molecule has 0 amide bonds. The number of hydrogen-bond acceptors (Lipinski definition) is 5. The summed E-state index contributed by atoms with van der Waals surface area (Å²) < 4.78 is 0. The molecule has 0 spiro atoms. The molecule has 0 aliphatic rings. The van der Waals surface area contributed by atoms with E-state index in [1.165, 1.54) is 0 Å². The van der Waals surface area contributed by atoms with E-state index in [1.54, 1.807) is 6.07 Å². The Morgan fingerprint density at radius 1 is 0.655 bits per heavy atom. The van der Waals surface area contributed by atoms with Gasteiger partial charge in [-0.3, -0.25) is 0 Å². The Morgan fingerprint density at radius 3 is 1.72 bits per heavy atom. The fourth-order valence-electron chi connectivity index (χ4n) is 3.13. The lowest BCUT2D eigenvalue weighted by atomic mass is 10.1. The minimum atomic E-state index is 0.115. The fraction of sp³-hybridized carbons (Fsp3) is 0.125. The zero-order valence-corrected chi connectivity index (χ0v) is 15.9. The van der Waals surface area contributed by atoms with Crippen LogP contribution in [-0.4, -0.2) is 31.8 Å². The summed E-state index contributed by atoms with van der Waals surface area (Å²) >= 11 is 0. The lowest BCUT2D eigenvalue weighted by Gasteiger charge is -2.10. The van der Waals surface area contributed by atoms with Gasteiger partial charge in [-0.05, 0) is 30.5 Å². The maximum absolute atomic E-state index is 10.6. The Balaban J connectivity index is 1.83. The average Bonchev–Trinajstić information content (AvgIpc) is 2.78. The van der Waals surface area contributed by atoms with Crippen LogP contribution in [0.25, 0.3) is 34.2 Å². The molecule has 3 aromatic carbocycles. The summed E-state index contributed by atoms with van der Waals surface area (Å²) in [6, 6.07) is 24.9. The third-order valence-electron chi connectivity index (χ3n) is 4.63. The van der Waals surface area contributed by atoms with Crippen molar-refractivity contribution in [2.24, 2.45) is 0 Å². The fourth-order valence-corrected chi connectivity index (χ4v) is 3.13. The molecule has 0 aliphatic carbocycles.